The molecule has 1 aliphatic rings. The summed E-state index contributed by atoms with van der Waals surface area (Å²) in [6.45, 7) is 1.01. The van der Waals surface area contributed by atoms with E-state index in [-0.39, 0.29) is 5.78 Å². The summed E-state index contributed by atoms with van der Waals surface area (Å²) in [5, 5.41) is 3.29. The minimum absolute atomic E-state index is 0.0833. The van der Waals surface area contributed by atoms with Crippen LogP contribution in [0.3, 0.4) is 0 Å². The zero-order valence-corrected chi connectivity index (χ0v) is 8.57. The Hall–Kier alpha value is -1.42. The van der Waals surface area contributed by atoms with Crippen molar-refractivity contribution in [3.05, 3.63) is 24.0 Å². The number of carbonyl (C=O) groups excluding carboxylic acids is 1. The second-order valence-electron chi connectivity index (χ2n) is 3.88. The van der Waals surface area contributed by atoms with Crippen LogP contribution in [-0.4, -0.2) is 23.4 Å². The van der Waals surface area contributed by atoms with E-state index in [0.29, 0.717) is 23.7 Å². The molecule has 0 aromatic carbocycles. The molecule has 2 heterocycles. The number of pyridine rings is 1. The molecule has 0 amide bonds. The number of hydrogen-bond acceptors (Lipinski definition) is 4. The van der Waals surface area contributed by atoms with E-state index >= 15 is 0 Å². The van der Waals surface area contributed by atoms with Crippen LogP contribution in [0.4, 0.5) is 5.69 Å². The fourth-order valence-electron chi connectivity index (χ4n) is 1.90. The predicted octanol–water partition coefficient (Wildman–Crippen LogP) is 0.989. The molecule has 0 radical (unpaired) electrons. The Morgan fingerprint density at radius 2 is 2.53 bits per heavy atom. The predicted molar refractivity (Wildman–Crippen MR) is 58.6 cm³/mol. The highest BCUT2D eigenvalue weighted by atomic mass is 16.1. The highest BCUT2D eigenvalue weighted by Crippen LogP contribution is 2.16. The Labute approximate surface area is 88.9 Å². The number of nitrogen functional groups attached to an aromatic ring is 1. The van der Waals surface area contributed by atoms with Crippen LogP contribution in [0.1, 0.15) is 29.6 Å². The molecule has 0 aliphatic carbocycles. The average Bonchev–Trinajstić information content (AvgIpc) is 2.71. The van der Waals surface area contributed by atoms with Crippen LogP contribution in [0.15, 0.2) is 18.5 Å². The Morgan fingerprint density at radius 1 is 1.67 bits per heavy atom. The van der Waals surface area contributed by atoms with E-state index in [9.17, 15) is 4.79 Å². The lowest BCUT2D eigenvalue weighted by Crippen LogP contribution is -2.24. The fourth-order valence-corrected chi connectivity index (χ4v) is 1.90. The summed E-state index contributed by atoms with van der Waals surface area (Å²) >= 11 is 0. The molecule has 2 rings (SSSR count). The van der Waals surface area contributed by atoms with Gasteiger partial charge in [-0.15, -0.1) is 0 Å². The molecule has 1 saturated heterocycles. The van der Waals surface area contributed by atoms with Gasteiger partial charge in [0.25, 0.3) is 0 Å². The number of nitrogens with one attached hydrogen (secondary N) is 1. The molecule has 0 bridgehead atoms. The van der Waals surface area contributed by atoms with Gasteiger partial charge in [0.1, 0.15) is 0 Å². The highest BCUT2D eigenvalue weighted by molar-refractivity contribution is 6.00. The maximum Gasteiger partial charge on any atom is 0.168 e. The first-order chi connectivity index (χ1) is 7.27. The van der Waals surface area contributed by atoms with Gasteiger partial charge in [0.15, 0.2) is 5.78 Å². The molecular weight excluding hydrogens is 190 g/mol. The third-order valence-electron chi connectivity index (χ3n) is 2.75. The Bertz CT molecular complexity index is 359. The molecule has 1 aromatic rings. The van der Waals surface area contributed by atoms with Crippen molar-refractivity contribution in [2.24, 2.45) is 0 Å². The summed E-state index contributed by atoms with van der Waals surface area (Å²) in [5.74, 6) is 0.0833. The molecule has 4 nitrogen and oxygen atoms in total. The first-order valence-electron chi connectivity index (χ1n) is 5.23. The minimum atomic E-state index is 0.0833. The summed E-state index contributed by atoms with van der Waals surface area (Å²) in [5.41, 5.74) is 6.78. The Balaban J connectivity index is 2.04. The second kappa shape index (κ2) is 4.40. The first kappa shape index (κ1) is 10.1. The van der Waals surface area contributed by atoms with Crippen LogP contribution in [0.25, 0.3) is 0 Å². The number of Topliss-reactive ketones (excluding diaryl/α,β-unsaturated/α-hetero) is 1. The maximum atomic E-state index is 11.9. The van der Waals surface area contributed by atoms with Crippen molar-refractivity contribution in [3.8, 4) is 0 Å². The number of ketones is 1. The van der Waals surface area contributed by atoms with Crippen molar-refractivity contribution in [1.29, 1.82) is 0 Å². The lowest BCUT2D eigenvalue weighted by Gasteiger charge is -2.09. The molecule has 4 heteroatoms. The standard InChI is InChI=1S/C11H15N3O/c12-10-3-5-13-7-9(10)11(15)6-8-2-1-4-14-8/h3,5,7-8,14H,1-2,4,6H2,(H2,12,13). The van der Waals surface area contributed by atoms with Crippen LogP contribution < -0.4 is 11.1 Å². The first-order valence-corrected chi connectivity index (χ1v) is 5.23. The van der Waals surface area contributed by atoms with Crippen LogP contribution in [0, 0.1) is 0 Å². The largest absolute Gasteiger partial charge is 0.398 e. The molecule has 1 aromatic heterocycles. The normalized spacial score (nSPS) is 20.4. The van der Waals surface area contributed by atoms with Gasteiger partial charge >= 0.3 is 0 Å². The van der Waals surface area contributed by atoms with Crippen molar-refractivity contribution >= 4 is 11.5 Å². The quantitative estimate of drug-likeness (QED) is 0.722. The molecule has 1 aliphatic heterocycles. The molecule has 3 N–H and O–H groups in total. The van der Waals surface area contributed by atoms with Crippen LogP contribution in [0.2, 0.25) is 0 Å². The molecule has 1 unspecified atom stereocenters. The number of aromatic nitrogens is 1. The summed E-state index contributed by atoms with van der Waals surface area (Å²) in [6, 6.07) is 1.98. The van der Waals surface area contributed by atoms with Gasteiger partial charge in [-0.05, 0) is 25.5 Å². The average molecular weight is 205 g/mol. The lowest BCUT2D eigenvalue weighted by atomic mass is 10.0. The number of anilines is 1. The van der Waals surface area contributed by atoms with E-state index in [4.69, 9.17) is 5.73 Å². The van der Waals surface area contributed by atoms with Gasteiger partial charge in [0, 0.05) is 30.5 Å². The van der Waals surface area contributed by atoms with Crippen molar-refractivity contribution in [3.63, 3.8) is 0 Å². The number of carbonyl (C=O) groups is 1. The van der Waals surface area contributed by atoms with E-state index in [2.05, 4.69) is 10.3 Å². The molecule has 0 saturated carbocycles. The summed E-state index contributed by atoms with van der Waals surface area (Å²) in [6.07, 6.45) is 5.90. The smallest absolute Gasteiger partial charge is 0.168 e. The topological polar surface area (TPSA) is 68.0 Å². The van der Waals surface area contributed by atoms with Gasteiger partial charge in [-0.2, -0.15) is 0 Å². The van der Waals surface area contributed by atoms with E-state index < -0.39 is 0 Å². The Morgan fingerprint density at radius 3 is 3.20 bits per heavy atom. The second-order valence-corrected chi connectivity index (χ2v) is 3.88. The number of nitrogens with zero attached hydrogens (tertiary/aromatic N) is 1. The highest BCUT2D eigenvalue weighted by Gasteiger charge is 2.19. The van der Waals surface area contributed by atoms with Crippen molar-refractivity contribution < 1.29 is 4.79 Å². The molecule has 15 heavy (non-hydrogen) atoms. The van der Waals surface area contributed by atoms with Gasteiger partial charge in [0.2, 0.25) is 0 Å². The Kier molecular flexibility index (Phi) is 2.97. The van der Waals surface area contributed by atoms with Crippen molar-refractivity contribution in [2.75, 3.05) is 12.3 Å². The molecule has 1 fully saturated rings. The van der Waals surface area contributed by atoms with Gasteiger partial charge in [-0.3, -0.25) is 9.78 Å². The molecule has 80 valence electrons. The SMILES string of the molecule is Nc1ccncc1C(=O)CC1CCCN1. The third-order valence-corrected chi connectivity index (χ3v) is 2.75. The molecular formula is C11H15N3O. The lowest BCUT2D eigenvalue weighted by molar-refractivity contribution is 0.0972. The van der Waals surface area contributed by atoms with Gasteiger partial charge < -0.3 is 11.1 Å². The summed E-state index contributed by atoms with van der Waals surface area (Å²) in [4.78, 5) is 15.8. The monoisotopic (exact) mass is 205 g/mol. The van der Waals surface area contributed by atoms with Crippen LogP contribution in [-0.2, 0) is 0 Å². The van der Waals surface area contributed by atoms with Gasteiger partial charge in [0.05, 0.1) is 5.56 Å². The van der Waals surface area contributed by atoms with E-state index in [0.717, 1.165) is 19.4 Å². The zero-order chi connectivity index (χ0) is 10.7. The van der Waals surface area contributed by atoms with Gasteiger partial charge in [-0.1, -0.05) is 0 Å². The van der Waals surface area contributed by atoms with Crippen LogP contribution in [0.5, 0.6) is 0 Å². The van der Waals surface area contributed by atoms with E-state index in [1.165, 1.54) is 0 Å². The number of nitrogens with two attached hydrogens (primary N) is 1. The zero-order valence-electron chi connectivity index (χ0n) is 8.57. The number of hydrogen-bond donors (Lipinski definition) is 2. The minimum Gasteiger partial charge on any atom is -0.398 e. The van der Waals surface area contributed by atoms with Gasteiger partial charge in [-0.25, -0.2) is 0 Å². The molecule has 1 atom stereocenters. The summed E-state index contributed by atoms with van der Waals surface area (Å²) in [7, 11) is 0. The maximum absolute atomic E-state index is 11.9. The number of rotatable bonds is 3. The molecule has 0 spiro atoms. The van der Waals surface area contributed by atoms with E-state index in [1.54, 1.807) is 18.5 Å². The van der Waals surface area contributed by atoms with Crippen LogP contribution >= 0.6 is 0 Å². The van der Waals surface area contributed by atoms with E-state index in [1.807, 2.05) is 0 Å². The fraction of sp³-hybridized carbons (Fsp3) is 0.455. The summed E-state index contributed by atoms with van der Waals surface area (Å²) < 4.78 is 0. The third kappa shape index (κ3) is 2.33. The van der Waals surface area contributed by atoms with Crippen molar-refractivity contribution in [2.45, 2.75) is 25.3 Å². The van der Waals surface area contributed by atoms with Crippen molar-refractivity contribution in [1.82, 2.24) is 10.3 Å².